The molecule has 268 valence electrons. The molecule has 2 saturated heterocycles. The molecule has 0 radical (unpaired) electrons. The van der Waals surface area contributed by atoms with Crippen LogP contribution in [0.3, 0.4) is 0 Å². The SMILES string of the molecule is C1CCNCC1.C1CCNCC1.O=C([O-])c1ccccc1.O=C([O-])c1ccccc1.O=C([O-])c1ccccc1.O=C([O-])c1ccccc1.[Rh+3].[Rh+3]. The van der Waals surface area contributed by atoms with Crippen molar-refractivity contribution in [1.29, 1.82) is 0 Å². The maximum absolute atomic E-state index is 10.1. The Morgan fingerprint density at radius 1 is 0.340 bits per heavy atom. The molecule has 2 aliphatic heterocycles. The van der Waals surface area contributed by atoms with Gasteiger partial charge in [0.25, 0.3) is 0 Å². The predicted octanol–water partition coefficient (Wildman–Crippen LogP) is 1.72. The Morgan fingerprint density at radius 2 is 0.520 bits per heavy atom. The van der Waals surface area contributed by atoms with Crippen molar-refractivity contribution >= 4 is 23.9 Å². The molecule has 2 aliphatic rings. The van der Waals surface area contributed by atoms with Gasteiger partial charge in [-0.05, 0) is 74.1 Å². The van der Waals surface area contributed by atoms with Gasteiger partial charge in [0.05, 0.1) is 23.9 Å². The van der Waals surface area contributed by atoms with E-state index in [-0.39, 0.29) is 61.2 Å². The minimum Gasteiger partial charge on any atom is -0.545 e. The molecule has 0 atom stereocenters. The van der Waals surface area contributed by atoms with E-state index in [1.165, 1.54) is 113 Å². The minimum atomic E-state index is -1.13. The molecule has 4 aromatic carbocycles. The van der Waals surface area contributed by atoms with Crippen molar-refractivity contribution in [3.8, 4) is 0 Å². The number of nitrogens with one attached hydrogen (secondary N) is 2. The first kappa shape index (κ1) is 48.0. The summed E-state index contributed by atoms with van der Waals surface area (Å²) in [5.74, 6) is -4.52. The van der Waals surface area contributed by atoms with Crippen LogP contribution in [-0.4, -0.2) is 50.1 Å². The van der Waals surface area contributed by atoms with Crippen molar-refractivity contribution in [2.45, 2.75) is 38.5 Å². The van der Waals surface area contributed by atoms with Gasteiger partial charge in [-0.15, -0.1) is 0 Å². The van der Waals surface area contributed by atoms with Crippen molar-refractivity contribution in [2.75, 3.05) is 26.2 Å². The quantitative estimate of drug-likeness (QED) is 0.287. The molecule has 2 fully saturated rings. The van der Waals surface area contributed by atoms with Crippen molar-refractivity contribution in [1.82, 2.24) is 10.6 Å². The molecule has 0 spiro atoms. The van der Waals surface area contributed by atoms with E-state index in [4.69, 9.17) is 0 Å². The number of piperidine rings is 2. The van der Waals surface area contributed by atoms with Crippen LogP contribution in [-0.2, 0) is 39.0 Å². The van der Waals surface area contributed by atoms with Crippen LogP contribution in [0, 0.1) is 0 Å². The Morgan fingerprint density at radius 3 is 0.600 bits per heavy atom. The Bertz CT molecular complexity index is 1190. The number of hydrogen-bond donors (Lipinski definition) is 2. The number of carbonyl (C=O) groups is 4. The third-order valence-electron chi connectivity index (χ3n) is 6.45. The number of carbonyl (C=O) groups excluding carboxylic acids is 4. The van der Waals surface area contributed by atoms with Crippen LogP contribution in [0.15, 0.2) is 121 Å². The summed E-state index contributed by atoms with van der Waals surface area (Å²) in [4.78, 5) is 40.4. The van der Waals surface area contributed by atoms with Gasteiger partial charge in [-0.1, -0.05) is 134 Å². The predicted molar refractivity (Wildman–Crippen MR) is 177 cm³/mol. The largest absolute Gasteiger partial charge is 3.00 e. The molecular formula is C38H42N2O8Rh2+2. The molecule has 12 heteroatoms. The molecule has 50 heavy (non-hydrogen) atoms. The van der Waals surface area contributed by atoms with Gasteiger partial charge in [0.1, 0.15) is 0 Å². The zero-order valence-corrected chi connectivity index (χ0v) is 30.8. The molecule has 6 rings (SSSR count). The van der Waals surface area contributed by atoms with Crippen molar-refractivity contribution in [3.63, 3.8) is 0 Å². The van der Waals surface area contributed by atoms with Gasteiger partial charge in [-0.3, -0.25) is 0 Å². The smallest absolute Gasteiger partial charge is 0.545 e. The molecule has 0 bridgehead atoms. The van der Waals surface area contributed by atoms with Gasteiger partial charge >= 0.3 is 39.0 Å². The molecule has 0 aromatic heterocycles. The van der Waals surface area contributed by atoms with Crippen LogP contribution in [0.2, 0.25) is 0 Å². The summed E-state index contributed by atoms with van der Waals surface area (Å²) >= 11 is 0. The van der Waals surface area contributed by atoms with Crippen LogP contribution in [0.25, 0.3) is 0 Å². The van der Waals surface area contributed by atoms with Gasteiger partial charge in [-0.25, -0.2) is 0 Å². The van der Waals surface area contributed by atoms with E-state index in [1.807, 2.05) is 0 Å². The summed E-state index contributed by atoms with van der Waals surface area (Å²) in [6, 6.07) is 32.3. The normalized spacial score (nSPS) is 12.2. The van der Waals surface area contributed by atoms with Crippen molar-refractivity contribution < 1.29 is 78.6 Å². The Balaban J connectivity index is 0. The number of rotatable bonds is 4. The van der Waals surface area contributed by atoms with Crippen LogP contribution in [0.1, 0.15) is 80.0 Å². The van der Waals surface area contributed by atoms with E-state index >= 15 is 0 Å². The van der Waals surface area contributed by atoms with Crippen LogP contribution in [0.4, 0.5) is 0 Å². The van der Waals surface area contributed by atoms with Crippen LogP contribution in [0.5, 0.6) is 0 Å². The van der Waals surface area contributed by atoms with E-state index in [0.717, 1.165) is 0 Å². The molecule has 2 N–H and O–H groups in total. The molecule has 2 heterocycles. The number of carboxylic acids is 4. The van der Waals surface area contributed by atoms with E-state index in [1.54, 1.807) is 72.8 Å². The number of hydrogen-bond acceptors (Lipinski definition) is 10. The number of benzene rings is 4. The molecule has 0 unspecified atom stereocenters. The van der Waals surface area contributed by atoms with Gasteiger partial charge in [0, 0.05) is 0 Å². The zero-order chi connectivity index (χ0) is 35.2. The van der Waals surface area contributed by atoms with Crippen molar-refractivity contribution in [2.24, 2.45) is 0 Å². The standard InChI is InChI=1S/4C7H6O2.2C5H11N.2Rh/c4*8-7(9)6-4-2-1-3-5-6;2*1-2-4-6-5-3-1;;/h4*1-5H,(H,8,9);2*6H,1-5H2;;/q;;;;;;2*+3/p-4. The Kier molecular flexibility index (Phi) is 30.9. The summed E-state index contributed by atoms with van der Waals surface area (Å²) in [7, 11) is 0. The maximum atomic E-state index is 10.1. The topological polar surface area (TPSA) is 185 Å². The van der Waals surface area contributed by atoms with Crippen LogP contribution >= 0.6 is 0 Å². The zero-order valence-electron chi connectivity index (χ0n) is 27.6. The average Bonchev–Trinajstić information content (AvgIpc) is 3.16. The van der Waals surface area contributed by atoms with E-state index in [2.05, 4.69) is 10.6 Å². The second-order valence-electron chi connectivity index (χ2n) is 10.2. The van der Waals surface area contributed by atoms with E-state index in [0.29, 0.717) is 0 Å². The summed E-state index contributed by atoms with van der Waals surface area (Å²) in [6.45, 7) is 5.00. The third-order valence-corrected chi connectivity index (χ3v) is 6.45. The third kappa shape index (κ3) is 25.9. The molecule has 10 nitrogen and oxygen atoms in total. The second kappa shape index (κ2) is 32.1. The summed E-state index contributed by atoms with van der Waals surface area (Å²) < 4.78 is 0. The fourth-order valence-corrected chi connectivity index (χ4v) is 3.90. The summed E-state index contributed by atoms with van der Waals surface area (Å²) in [6.07, 6.45) is 8.43. The fraction of sp³-hybridized carbons (Fsp3) is 0.263. The first-order valence-electron chi connectivity index (χ1n) is 15.7. The molecular weight excluding hydrogens is 818 g/mol. The molecule has 0 saturated carbocycles. The Labute approximate surface area is 319 Å². The van der Waals surface area contributed by atoms with Gasteiger partial charge in [-0.2, -0.15) is 0 Å². The summed E-state index contributed by atoms with van der Waals surface area (Å²) in [5, 5.41) is 46.9. The van der Waals surface area contributed by atoms with Crippen LogP contribution < -0.4 is 31.1 Å². The molecule has 0 aliphatic carbocycles. The molecule has 0 amide bonds. The molecule has 4 aromatic rings. The van der Waals surface area contributed by atoms with E-state index in [9.17, 15) is 39.6 Å². The van der Waals surface area contributed by atoms with Crippen molar-refractivity contribution in [3.05, 3.63) is 144 Å². The second-order valence-corrected chi connectivity index (χ2v) is 10.2. The van der Waals surface area contributed by atoms with Gasteiger partial charge < -0.3 is 50.2 Å². The fourth-order valence-electron chi connectivity index (χ4n) is 3.90. The number of aromatic carboxylic acids is 4. The first-order valence-corrected chi connectivity index (χ1v) is 15.7. The van der Waals surface area contributed by atoms with Gasteiger partial charge in [0.2, 0.25) is 0 Å². The monoisotopic (exact) mass is 860 g/mol. The van der Waals surface area contributed by atoms with Gasteiger partial charge in [0.15, 0.2) is 0 Å². The number of carboxylic acid groups (broad SMARTS) is 4. The Hall–Kier alpha value is -4.07. The maximum Gasteiger partial charge on any atom is 3.00 e. The summed E-state index contributed by atoms with van der Waals surface area (Å²) in [5.41, 5.74) is 0.880. The van der Waals surface area contributed by atoms with E-state index < -0.39 is 23.9 Å². The minimum absolute atomic E-state index is 0. The first-order chi connectivity index (χ1) is 23.2. The average molecular weight is 861 g/mol.